The monoisotopic (exact) mass is 537 g/mol. The average Bonchev–Trinajstić information content (AvgIpc) is 3.64. The van der Waals surface area contributed by atoms with Gasteiger partial charge >= 0.3 is 0 Å². The molecular formula is C26H32FN9O3. The second-order valence-corrected chi connectivity index (χ2v) is 9.56. The van der Waals surface area contributed by atoms with E-state index in [1.54, 1.807) is 18.4 Å². The van der Waals surface area contributed by atoms with Crippen molar-refractivity contribution in [1.82, 2.24) is 29.8 Å². The van der Waals surface area contributed by atoms with Gasteiger partial charge in [-0.05, 0) is 24.3 Å². The third-order valence-corrected chi connectivity index (χ3v) is 6.91. The number of nitrogens with zero attached hydrogens (tertiary/aromatic N) is 6. The number of hydrogen-bond acceptors (Lipinski definition) is 11. The van der Waals surface area contributed by atoms with Gasteiger partial charge in [0.25, 0.3) is 0 Å². The molecule has 2 aliphatic heterocycles. The first-order valence-electron chi connectivity index (χ1n) is 13.2. The van der Waals surface area contributed by atoms with E-state index in [2.05, 4.69) is 35.5 Å². The molecule has 2 aliphatic rings. The molecule has 1 unspecified atom stereocenters. The number of aromatic nitrogens is 4. The lowest BCUT2D eigenvalue weighted by atomic mass is 10.2. The molecule has 0 bridgehead atoms. The summed E-state index contributed by atoms with van der Waals surface area (Å²) < 4.78 is 33.2. The molecule has 0 aliphatic carbocycles. The quantitative estimate of drug-likeness (QED) is 0.288. The lowest BCUT2D eigenvalue weighted by Crippen LogP contribution is -2.48. The molecular weight excluding hydrogens is 505 g/mol. The molecule has 206 valence electrons. The highest BCUT2D eigenvalue weighted by atomic mass is 19.1. The Hall–Kier alpha value is -3.94. The van der Waals surface area contributed by atoms with Gasteiger partial charge in [0.1, 0.15) is 30.0 Å². The minimum absolute atomic E-state index is 0.0120. The molecule has 13 heteroatoms. The summed E-state index contributed by atoms with van der Waals surface area (Å²) in [6.45, 7) is 7.23. The van der Waals surface area contributed by atoms with Crippen molar-refractivity contribution in [3.05, 3.63) is 48.5 Å². The Labute approximate surface area is 224 Å². The minimum atomic E-state index is -0.273. The number of anilines is 3. The summed E-state index contributed by atoms with van der Waals surface area (Å²) in [6, 6.07) is 10.5. The number of halogens is 1. The zero-order chi connectivity index (χ0) is 26.6. The second kappa shape index (κ2) is 11.4. The summed E-state index contributed by atoms with van der Waals surface area (Å²) in [5, 5.41) is 10.9. The first-order chi connectivity index (χ1) is 19.1. The van der Waals surface area contributed by atoms with Gasteiger partial charge in [-0.3, -0.25) is 4.90 Å². The summed E-state index contributed by atoms with van der Waals surface area (Å²) >= 11 is 0. The Bertz CT molecular complexity index is 1380. The molecule has 12 nitrogen and oxygen atoms in total. The minimum Gasteiger partial charge on any atom is -0.491 e. The molecule has 0 saturated carbocycles. The number of morpholine rings is 1. The summed E-state index contributed by atoms with van der Waals surface area (Å²) in [5.41, 5.74) is 7.92. The summed E-state index contributed by atoms with van der Waals surface area (Å²) in [5.74, 6) is 1.57. The van der Waals surface area contributed by atoms with Gasteiger partial charge in [0.15, 0.2) is 11.4 Å². The Balaban J connectivity index is 0.974. The molecule has 0 radical (unpaired) electrons. The normalized spacial score (nSPS) is 18.5. The van der Waals surface area contributed by atoms with Gasteiger partial charge in [0.2, 0.25) is 11.9 Å². The van der Waals surface area contributed by atoms with Crippen molar-refractivity contribution >= 4 is 23.2 Å². The van der Waals surface area contributed by atoms with Gasteiger partial charge in [-0.15, -0.1) is 0 Å². The smallest absolute Gasteiger partial charge is 0.228 e. The van der Waals surface area contributed by atoms with Gasteiger partial charge in [0, 0.05) is 64.5 Å². The standard InChI is InChI=1S/C26H32FN9O3/c27-20-14-18(39-17-19-16-29-6-13-37-19)3-4-22(20)35-10-8-34(9-11-35)7-5-30-26-31-24-15-21(23-2-1-12-38-23)33-36(24)25(28)32-26/h1-4,12,14-15,19,29H,5-11,13,16-17H2,(H3,28,30,31,32). The molecule has 4 aromatic rings. The van der Waals surface area contributed by atoms with Gasteiger partial charge in [0.05, 0.1) is 18.6 Å². The predicted octanol–water partition coefficient (Wildman–Crippen LogP) is 1.71. The van der Waals surface area contributed by atoms with E-state index in [4.69, 9.17) is 19.6 Å². The maximum absolute atomic E-state index is 14.9. The van der Waals surface area contributed by atoms with Crippen LogP contribution >= 0.6 is 0 Å². The molecule has 2 saturated heterocycles. The van der Waals surface area contributed by atoms with Gasteiger partial charge in [-0.2, -0.15) is 19.6 Å². The van der Waals surface area contributed by atoms with Crippen LogP contribution in [0.4, 0.5) is 22.0 Å². The van der Waals surface area contributed by atoms with Crippen molar-refractivity contribution in [2.45, 2.75) is 6.10 Å². The number of nitrogen functional groups attached to an aromatic ring is 1. The highest BCUT2D eigenvalue weighted by molar-refractivity contribution is 5.61. The second-order valence-electron chi connectivity index (χ2n) is 9.56. The average molecular weight is 538 g/mol. The van der Waals surface area contributed by atoms with E-state index in [1.165, 1.54) is 10.6 Å². The zero-order valence-electron chi connectivity index (χ0n) is 21.6. The predicted molar refractivity (Wildman–Crippen MR) is 145 cm³/mol. The fraction of sp³-hybridized carbons (Fsp3) is 0.423. The molecule has 2 fully saturated rings. The van der Waals surface area contributed by atoms with E-state index in [9.17, 15) is 4.39 Å². The molecule has 1 atom stereocenters. The third-order valence-electron chi connectivity index (χ3n) is 6.91. The number of fused-ring (bicyclic) bond motifs is 1. The highest BCUT2D eigenvalue weighted by Crippen LogP contribution is 2.26. The van der Waals surface area contributed by atoms with Crippen molar-refractivity contribution in [2.75, 3.05) is 81.5 Å². The van der Waals surface area contributed by atoms with E-state index in [0.29, 0.717) is 54.2 Å². The molecule has 3 aromatic heterocycles. The number of ether oxygens (including phenoxy) is 2. The zero-order valence-corrected chi connectivity index (χ0v) is 21.6. The number of piperazine rings is 1. The lowest BCUT2D eigenvalue weighted by Gasteiger charge is -2.36. The Kier molecular flexibility index (Phi) is 7.43. The molecule has 6 rings (SSSR count). The van der Waals surface area contributed by atoms with Crippen LogP contribution in [-0.4, -0.2) is 96.2 Å². The van der Waals surface area contributed by atoms with Crippen LogP contribution < -0.4 is 26.0 Å². The van der Waals surface area contributed by atoms with Gasteiger partial charge < -0.3 is 35.2 Å². The van der Waals surface area contributed by atoms with Gasteiger partial charge in [-0.1, -0.05) is 0 Å². The van der Waals surface area contributed by atoms with Crippen molar-refractivity contribution in [2.24, 2.45) is 0 Å². The van der Waals surface area contributed by atoms with Crippen molar-refractivity contribution in [3.63, 3.8) is 0 Å². The number of nitrogens with one attached hydrogen (secondary N) is 2. The van der Waals surface area contributed by atoms with Crippen molar-refractivity contribution in [1.29, 1.82) is 0 Å². The van der Waals surface area contributed by atoms with Crippen LogP contribution in [0.5, 0.6) is 5.75 Å². The molecule has 39 heavy (non-hydrogen) atoms. The lowest BCUT2D eigenvalue weighted by molar-refractivity contribution is 0.000140. The van der Waals surface area contributed by atoms with Crippen LogP contribution in [-0.2, 0) is 4.74 Å². The Morgan fingerprint density at radius 2 is 2.05 bits per heavy atom. The topological polar surface area (TPSA) is 131 Å². The number of hydrogen-bond donors (Lipinski definition) is 3. The largest absolute Gasteiger partial charge is 0.491 e. The van der Waals surface area contributed by atoms with Crippen LogP contribution in [0, 0.1) is 5.82 Å². The summed E-state index contributed by atoms with van der Waals surface area (Å²) in [4.78, 5) is 13.2. The first kappa shape index (κ1) is 25.3. The van der Waals surface area contributed by atoms with E-state index in [0.717, 1.165) is 45.8 Å². The maximum atomic E-state index is 14.9. The van der Waals surface area contributed by atoms with Crippen molar-refractivity contribution in [3.8, 4) is 17.2 Å². The maximum Gasteiger partial charge on any atom is 0.228 e. The SMILES string of the molecule is Nc1nc(NCCN2CCN(c3ccc(OCC4CNCCO4)cc3F)CC2)nc2cc(-c3ccco3)nn12. The van der Waals surface area contributed by atoms with E-state index in [1.807, 2.05) is 18.2 Å². The molecule has 0 amide bonds. The van der Waals surface area contributed by atoms with Crippen LogP contribution in [0.3, 0.4) is 0 Å². The molecule has 0 spiro atoms. The molecule has 4 N–H and O–H groups in total. The molecule has 1 aromatic carbocycles. The first-order valence-corrected chi connectivity index (χ1v) is 13.2. The third kappa shape index (κ3) is 5.90. The van der Waals surface area contributed by atoms with Crippen LogP contribution in [0.15, 0.2) is 47.1 Å². The van der Waals surface area contributed by atoms with Crippen molar-refractivity contribution < 1.29 is 18.3 Å². The molecule has 5 heterocycles. The van der Waals surface area contributed by atoms with Crippen LogP contribution in [0.1, 0.15) is 0 Å². The highest BCUT2D eigenvalue weighted by Gasteiger charge is 2.21. The van der Waals surface area contributed by atoms with E-state index >= 15 is 0 Å². The summed E-state index contributed by atoms with van der Waals surface area (Å²) in [7, 11) is 0. The Morgan fingerprint density at radius 3 is 2.82 bits per heavy atom. The number of rotatable bonds is 9. The fourth-order valence-electron chi connectivity index (χ4n) is 4.82. The summed E-state index contributed by atoms with van der Waals surface area (Å²) in [6.07, 6.45) is 1.58. The van der Waals surface area contributed by atoms with Crippen LogP contribution in [0.25, 0.3) is 17.1 Å². The fourth-order valence-corrected chi connectivity index (χ4v) is 4.82. The van der Waals surface area contributed by atoms with Crippen LogP contribution in [0.2, 0.25) is 0 Å². The van der Waals surface area contributed by atoms with E-state index < -0.39 is 0 Å². The van der Waals surface area contributed by atoms with Gasteiger partial charge in [-0.25, -0.2) is 4.39 Å². The Morgan fingerprint density at radius 1 is 1.15 bits per heavy atom. The number of nitrogens with two attached hydrogens (primary N) is 1. The van der Waals surface area contributed by atoms with E-state index in [-0.39, 0.29) is 17.9 Å². The number of benzene rings is 1. The number of furan rings is 1.